The van der Waals surface area contributed by atoms with Crippen molar-refractivity contribution in [3.63, 3.8) is 0 Å². The van der Waals surface area contributed by atoms with Gasteiger partial charge in [-0.2, -0.15) is 0 Å². The molecule has 0 N–H and O–H groups in total. The lowest BCUT2D eigenvalue weighted by atomic mass is 9.84. The summed E-state index contributed by atoms with van der Waals surface area (Å²) in [5, 5.41) is 0. The molecular weight excluding hydrogens is 284 g/mol. The minimum atomic E-state index is 0.346. The van der Waals surface area contributed by atoms with Gasteiger partial charge in [0.15, 0.2) is 0 Å². The van der Waals surface area contributed by atoms with Crippen molar-refractivity contribution in [3.05, 3.63) is 0 Å². The molecule has 0 aromatic carbocycles. The Morgan fingerprint density at radius 1 is 1.04 bits per heavy atom. The molecule has 2 aliphatic rings. The van der Waals surface area contributed by atoms with Crippen LogP contribution in [0.5, 0.6) is 0 Å². The van der Waals surface area contributed by atoms with Gasteiger partial charge in [0.25, 0.3) is 0 Å². The fraction of sp³-hybridized carbons (Fsp3) is 1.00. The predicted molar refractivity (Wildman–Crippen MR) is 99.0 cm³/mol. The number of rotatable bonds is 7. The first-order chi connectivity index (χ1) is 10.9. The summed E-state index contributed by atoms with van der Waals surface area (Å²) in [7, 11) is 2.25. The molecule has 2 fully saturated rings. The second-order valence-electron chi connectivity index (χ2n) is 8.86. The molecule has 1 saturated carbocycles. The van der Waals surface area contributed by atoms with Gasteiger partial charge in [-0.1, -0.05) is 12.8 Å². The van der Waals surface area contributed by atoms with Crippen molar-refractivity contribution >= 4 is 0 Å². The van der Waals surface area contributed by atoms with E-state index >= 15 is 0 Å². The molecule has 0 spiro atoms. The third-order valence-corrected chi connectivity index (χ3v) is 5.81. The van der Waals surface area contributed by atoms with Crippen LogP contribution in [0.15, 0.2) is 0 Å². The summed E-state index contributed by atoms with van der Waals surface area (Å²) in [4.78, 5) is 5.18. The minimum absolute atomic E-state index is 0.346. The van der Waals surface area contributed by atoms with Gasteiger partial charge < -0.3 is 9.64 Å². The van der Waals surface area contributed by atoms with Crippen LogP contribution in [-0.2, 0) is 4.74 Å². The van der Waals surface area contributed by atoms with Gasteiger partial charge in [-0.05, 0) is 79.3 Å². The molecule has 136 valence electrons. The normalized spacial score (nSPS) is 30.0. The summed E-state index contributed by atoms with van der Waals surface area (Å²) >= 11 is 0. The van der Waals surface area contributed by atoms with Crippen LogP contribution in [0.1, 0.15) is 72.6 Å². The Hall–Kier alpha value is -0.120. The van der Waals surface area contributed by atoms with Crippen molar-refractivity contribution in [1.82, 2.24) is 9.80 Å². The molecule has 2 rings (SSSR count). The second kappa shape index (κ2) is 8.82. The summed E-state index contributed by atoms with van der Waals surface area (Å²) in [6.45, 7) is 14.1. The van der Waals surface area contributed by atoms with Crippen LogP contribution in [0, 0.1) is 5.92 Å². The molecule has 0 radical (unpaired) electrons. The van der Waals surface area contributed by atoms with Gasteiger partial charge in [0.05, 0.1) is 12.2 Å². The Kier molecular flexibility index (Phi) is 7.37. The summed E-state index contributed by atoms with van der Waals surface area (Å²) in [6.07, 6.45) is 10.5. The Bertz CT molecular complexity index is 335. The highest BCUT2D eigenvalue weighted by molar-refractivity contribution is 4.88. The molecule has 1 saturated heterocycles. The quantitative estimate of drug-likeness (QED) is 0.654. The Morgan fingerprint density at radius 2 is 1.74 bits per heavy atom. The van der Waals surface area contributed by atoms with E-state index in [0.717, 1.165) is 5.92 Å². The first-order valence-corrected chi connectivity index (χ1v) is 9.96. The third-order valence-electron chi connectivity index (χ3n) is 5.81. The smallest absolute Gasteiger partial charge is 0.0578 e. The van der Waals surface area contributed by atoms with E-state index in [2.05, 4.69) is 44.5 Å². The molecule has 1 heterocycles. The van der Waals surface area contributed by atoms with Crippen molar-refractivity contribution in [3.8, 4) is 0 Å². The number of hydrogen-bond donors (Lipinski definition) is 0. The van der Waals surface area contributed by atoms with Crippen LogP contribution < -0.4 is 0 Å². The van der Waals surface area contributed by atoms with Crippen LogP contribution in [0.2, 0.25) is 0 Å². The number of nitrogens with zero attached hydrogens (tertiary/aromatic N) is 2. The van der Waals surface area contributed by atoms with Gasteiger partial charge in [0.1, 0.15) is 0 Å². The van der Waals surface area contributed by atoms with E-state index in [1.54, 1.807) is 0 Å². The van der Waals surface area contributed by atoms with E-state index in [9.17, 15) is 0 Å². The number of hydrogen-bond acceptors (Lipinski definition) is 3. The number of unbranched alkanes of at least 4 members (excludes halogenated alkanes) is 1. The maximum Gasteiger partial charge on any atom is 0.0578 e. The van der Waals surface area contributed by atoms with Gasteiger partial charge in [0.2, 0.25) is 0 Å². The van der Waals surface area contributed by atoms with Gasteiger partial charge >= 0.3 is 0 Å². The van der Waals surface area contributed by atoms with E-state index in [4.69, 9.17) is 4.74 Å². The van der Waals surface area contributed by atoms with E-state index in [-0.39, 0.29) is 0 Å². The maximum absolute atomic E-state index is 5.97. The molecule has 0 bridgehead atoms. The van der Waals surface area contributed by atoms with E-state index in [0.29, 0.717) is 17.7 Å². The second-order valence-corrected chi connectivity index (χ2v) is 8.86. The van der Waals surface area contributed by atoms with Gasteiger partial charge in [-0.25, -0.2) is 0 Å². The first kappa shape index (κ1) is 19.2. The molecule has 0 amide bonds. The van der Waals surface area contributed by atoms with Crippen molar-refractivity contribution in [2.75, 3.05) is 33.2 Å². The Balaban J connectivity index is 1.58. The number of likely N-dealkylation sites (N-methyl/N-ethyl adjacent to an activating group) is 1. The molecule has 1 aliphatic carbocycles. The predicted octanol–water partition coefficient (Wildman–Crippen LogP) is 4.17. The molecule has 23 heavy (non-hydrogen) atoms. The van der Waals surface area contributed by atoms with Gasteiger partial charge in [-0.3, -0.25) is 4.90 Å². The molecule has 1 aliphatic heterocycles. The topological polar surface area (TPSA) is 15.7 Å². The fourth-order valence-electron chi connectivity index (χ4n) is 4.53. The third kappa shape index (κ3) is 6.36. The molecule has 0 unspecified atom stereocenters. The van der Waals surface area contributed by atoms with Gasteiger partial charge in [0, 0.05) is 25.2 Å². The highest BCUT2D eigenvalue weighted by atomic mass is 16.5. The van der Waals surface area contributed by atoms with Crippen molar-refractivity contribution < 1.29 is 4.74 Å². The first-order valence-electron chi connectivity index (χ1n) is 9.96. The zero-order valence-corrected chi connectivity index (χ0v) is 16.3. The van der Waals surface area contributed by atoms with Crippen molar-refractivity contribution in [2.45, 2.75) is 90.4 Å². The lowest BCUT2D eigenvalue weighted by molar-refractivity contribution is -0.0205. The largest absolute Gasteiger partial charge is 0.376 e. The summed E-state index contributed by atoms with van der Waals surface area (Å²) in [6, 6.07) is 0. The van der Waals surface area contributed by atoms with Crippen molar-refractivity contribution in [1.29, 1.82) is 0 Å². The molecule has 3 heteroatoms. The highest BCUT2D eigenvalue weighted by Crippen LogP contribution is 2.30. The summed E-state index contributed by atoms with van der Waals surface area (Å²) < 4.78 is 5.97. The number of piperazine rings is 1. The van der Waals surface area contributed by atoms with Crippen LogP contribution in [-0.4, -0.2) is 60.8 Å². The maximum atomic E-state index is 5.97. The molecule has 0 atom stereocenters. The van der Waals surface area contributed by atoms with E-state index in [1.165, 1.54) is 71.1 Å². The van der Waals surface area contributed by atoms with E-state index in [1.807, 2.05) is 0 Å². The van der Waals surface area contributed by atoms with Crippen LogP contribution in [0.25, 0.3) is 0 Å². The zero-order chi connectivity index (χ0) is 16.9. The molecule has 3 nitrogen and oxygen atoms in total. The Morgan fingerprint density at radius 3 is 2.35 bits per heavy atom. The fourth-order valence-corrected chi connectivity index (χ4v) is 4.53. The van der Waals surface area contributed by atoms with Crippen LogP contribution >= 0.6 is 0 Å². The lowest BCUT2D eigenvalue weighted by Crippen LogP contribution is -2.58. The average Bonchev–Trinajstić information content (AvgIpc) is 2.45. The molecule has 0 aromatic rings. The highest BCUT2D eigenvalue weighted by Gasteiger charge is 2.31. The van der Waals surface area contributed by atoms with Crippen LogP contribution in [0.4, 0.5) is 0 Å². The lowest BCUT2D eigenvalue weighted by Gasteiger charge is -2.46. The van der Waals surface area contributed by atoms with Gasteiger partial charge in [-0.15, -0.1) is 0 Å². The SMILES string of the molecule is CC(C)O[C@H]1CC[C@H](CCCCN2CCN(C)CC2(C)C)CC1. The monoisotopic (exact) mass is 324 g/mol. The zero-order valence-electron chi connectivity index (χ0n) is 16.3. The molecule has 0 aromatic heterocycles. The standard InChI is InChI=1S/C20H40N2O/c1-17(2)23-19-11-9-18(10-12-19)8-6-7-13-22-15-14-21(5)16-20(22,3)4/h17-19H,6-16H2,1-5H3/t18-,19-. The average molecular weight is 325 g/mol. The van der Waals surface area contributed by atoms with Crippen molar-refractivity contribution in [2.24, 2.45) is 5.92 Å². The minimum Gasteiger partial charge on any atom is -0.376 e. The molecular formula is C20H40N2O. The number of ether oxygens (including phenoxy) is 1. The Labute approximate surface area is 144 Å². The van der Waals surface area contributed by atoms with Crippen LogP contribution in [0.3, 0.4) is 0 Å². The van der Waals surface area contributed by atoms with E-state index < -0.39 is 0 Å². The summed E-state index contributed by atoms with van der Waals surface area (Å²) in [5.74, 6) is 0.961. The summed E-state index contributed by atoms with van der Waals surface area (Å²) in [5.41, 5.74) is 0.346.